The number of carbonyl (C=O) groups is 3. The molecule has 0 spiro atoms. The molecule has 28 heavy (non-hydrogen) atoms. The number of benzene rings is 2. The van der Waals surface area contributed by atoms with E-state index in [2.05, 4.69) is 5.32 Å². The van der Waals surface area contributed by atoms with Crippen LogP contribution in [0.5, 0.6) is 5.75 Å². The van der Waals surface area contributed by atoms with E-state index in [4.69, 9.17) is 9.84 Å². The maximum Gasteiger partial charge on any atom is 0.306 e. The zero-order valence-corrected chi connectivity index (χ0v) is 15.6. The molecule has 1 aliphatic heterocycles. The van der Waals surface area contributed by atoms with Crippen LogP contribution in [-0.2, 0) is 20.8 Å². The fraction of sp³-hybridized carbons (Fsp3) is 0.286. The van der Waals surface area contributed by atoms with Gasteiger partial charge >= 0.3 is 5.97 Å². The lowest BCUT2D eigenvalue weighted by Gasteiger charge is -2.29. The molecular formula is C21H22N2O5. The van der Waals surface area contributed by atoms with Crippen molar-refractivity contribution in [1.82, 2.24) is 0 Å². The monoisotopic (exact) mass is 382 g/mol. The fourth-order valence-corrected chi connectivity index (χ4v) is 3.00. The first kappa shape index (κ1) is 19.4. The maximum atomic E-state index is 12.3. The van der Waals surface area contributed by atoms with Crippen molar-refractivity contribution in [2.24, 2.45) is 5.92 Å². The summed E-state index contributed by atoms with van der Waals surface area (Å²) in [7, 11) is 0. The van der Waals surface area contributed by atoms with E-state index in [-0.39, 0.29) is 31.4 Å². The number of carboxylic acids is 1. The van der Waals surface area contributed by atoms with Crippen molar-refractivity contribution < 1.29 is 24.2 Å². The largest absolute Gasteiger partial charge is 0.482 e. The van der Waals surface area contributed by atoms with Gasteiger partial charge in [-0.3, -0.25) is 14.4 Å². The van der Waals surface area contributed by atoms with Crippen molar-refractivity contribution in [1.29, 1.82) is 0 Å². The van der Waals surface area contributed by atoms with Gasteiger partial charge in [0.1, 0.15) is 5.75 Å². The highest BCUT2D eigenvalue weighted by Gasteiger charge is 2.25. The lowest BCUT2D eigenvalue weighted by molar-refractivity contribution is -0.141. The van der Waals surface area contributed by atoms with E-state index in [9.17, 15) is 14.4 Å². The second-order valence-electron chi connectivity index (χ2n) is 6.74. The van der Waals surface area contributed by atoms with Crippen LogP contribution in [0.25, 0.3) is 0 Å². The summed E-state index contributed by atoms with van der Waals surface area (Å²) in [6, 6.07) is 14.3. The van der Waals surface area contributed by atoms with Crippen LogP contribution in [0.3, 0.4) is 0 Å². The summed E-state index contributed by atoms with van der Waals surface area (Å²) in [5, 5.41) is 11.8. The summed E-state index contributed by atoms with van der Waals surface area (Å²) >= 11 is 0. The van der Waals surface area contributed by atoms with Crippen LogP contribution in [0.2, 0.25) is 0 Å². The number of para-hydroxylation sites is 2. The molecule has 0 radical (unpaired) electrons. The molecular weight excluding hydrogens is 360 g/mol. The van der Waals surface area contributed by atoms with Gasteiger partial charge in [0.25, 0.3) is 5.91 Å². The topological polar surface area (TPSA) is 95.9 Å². The molecule has 146 valence electrons. The van der Waals surface area contributed by atoms with Crippen molar-refractivity contribution in [2.45, 2.75) is 19.8 Å². The summed E-state index contributed by atoms with van der Waals surface area (Å²) in [5.74, 6) is -1.05. The molecule has 2 aromatic rings. The third kappa shape index (κ3) is 4.68. The van der Waals surface area contributed by atoms with Crippen molar-refractivity contribution in [3.05, 3.63) is 54.1 Å². The molecule has 1 heterocycles. The second kappa shape index (κ2) is 8.56. The minimum absolute atomic E-state index is 0.0329. The summed E-state index contributed by atoms with van der Waals surface area (Å²) in [6.07, 6.45) is 0.583. The number of anilines is 2. The number of ether oxygens (including phenoxy) is 1. The van der Waals surface area contributed by atoms with Gasteiger partial charge in [-0.1, -0.05) is 31.2 Å². The molecule has 3 rings (SSSR count). The number of amides is 2. The SMILES string of the molecule is CC(Cc1ccc(NC(=O)CCN2C(=O)COc3ccccc32)cc1)C(=O)O. The number of rotatable bonds is 7. The smallest absolute Gasteiger partial charge is 0.306 e. The molecule has 2 aromatic carbocycles. The molecule has 0 aromatic heterocycles. The molecule has 1 unspecified atom stereocenters. The van der Waals surface area contributed by atoms with Crippen LogP contribution < -0.4 is 15.0 Å². The van der Waals surface area contributed by atoms with E-state index in [1.807, 2.05) is 12.1 Å². The van der Waals surface area contributed by atoms with Crippen molar-refractivity contribution in [3.63, 3.8) is 0 Å². The van der Waals surface area contributed by atoms with Crippen LogP contribution >= 0.6 is 0 Å². The molecule has 1 atom stereocenters. The Hall–Kier alpha value is -3.35. The molecule has 2 amide bonds. The quantitative estimate of drug-likeness (QED) is 0.768. The van der Waals surface area contributed by atoms with Crippen LogP contribution in [0.15, 0.2) is 48.5 Å². The van der Waals surface area contributed by atoms with Gasteiger partial charge in [0, 0.05) is 18.7 Å². The normalized spacial score (nSPS) is 14.0. The standard InChI is InChI=1S/C21H22N2O5/c1-14(21(26)27)12-15-6-8-16(9-7-15)22-19(24)10-11-23-17-4-2-3-5-18(17)28-13-20(23)25/h2-9,14H,10-13H2,1H3,(H,22,24)(H,26,27). The lowest BCUT2D eigenvalue weighted by Crippen LogP contribution is -2.40. The Bertz CT molecular complexity index is 879. The Labute approximate surface area is 162 Å². The molecule has 0 saturated heterocycles. The van der Waals surface area contributed by atoms with Gasteiger partial charge in [-0.05, 0) is 36.2 Å². The van der Waals surface area contributed by atoms with E-state index < -0.39 is 11.9 Å². The zero-order valence-electron chi connectivity index (χ0n) is 15.6. The maximum absolute atomic E-state index is 12.3. The van der Waals surface area contributed by atoms with Gasteiger partial charge in [0.2, 0.25) is 5.91 Å². The first-order chi connectivity index (χ1) is 13.4. The van der Waals surface area contributed by atoms with Gasteiger partial charge in [0.05, 0.1) is 11.6 Å². The molecule has 7 nitrogen and oxygen atoms in total. The summed E-state index contributed by atoms with van der Waals surface area (Å²) in [6.45, 7) is 1.89. The minimum atomic E-state index is -0.836. The van der Waals surface area contributed by atoms with E-state index in [0.717, 1.165) is 5.56 Å². The highest BCUT2D eigenvalue weighted by atomic mass is 16.5. The average Bonchev–Trinajstić information content (AvgIpc) is 2.68. The Kier molecular flexibility index (Phi) is 5.93. The van der Waals surface area contributed by atoms with Crippen LogP contribution in [0.1, 0.15) is 18.9 Å². The third-order valence-corrected chi connectivity index (χ3v) is 4.57. The van der Waals surface area contributed by atoms with E-state index >= 15 is 0 Å². The van der Waals surface area contributed by atoms with E-state index in [1.54, 1.807) is 48.2 Å². The number of hydrogen-bond donors (Lipinski definition) is 2. The van der Waals surface area contributed by atoms with Crippen molar-refractivity contribution in [2.75, 3.05) is 23.4 Å². The number of carbonyl (C=O) groups excluding carboxylic acids is 2. The molecule has 0 fully saturated rings. The minimum Gasteiger partial charge on any atom is -0.482 e. The highest BCUT2D eigenvalue weighted by Crippen LogP contribution is 2.31. The molecule has 2 N–H and O–H groups in total. The average molecular weight is 382 g/mol. The fourth-order valence-electron chi connectivity index (χ4n) is 3.00. The third-order valence-electron chi connectivity index (χ3n) is 4.57. The number of nitrogens with zero attached hydrogens (tertiary/aromatic N) is 1. The van der Waals surface area contributed by atoms with Gasteiger partial charge in [0.15, 0.2) is 6.61 Å². The number of nitrogens with one attached hydrogen (secondary N) is 1. The van der Waals surface area contributed by atoms with E-state index in [0.29, 0.717) is 23.5 Å². The number of hydrogen-bond acceptors (Lipinski definition) is 4. The highest BCUT2D eigenvalue weighted by molar-refractivity contribution is 5.99. The first-order valence-electron chi connectivity index (χ1n) is 9.08. The van der Waals surface area contributed by atoms with Gasteiger partial charge in [-0.15, -0.1) is 0 Å². The predicted octanol–water partition coefficient (Wildman–Crippen LogP) is 2.70. The zero-order chi connectivity index (χ0) is 20.1. The van der Waals surface area contributed by atoms with Crippen molar-refractivity contribution >= 4 is 29.2 Å². The predicted molar refractivity (Wildman–Crippen MR) is 104 cm³/mol. The summed E-state index contributed by atoms with van der Waals surface area (Å²) in [5.41, 5.74) is 2.19. The lowest BCUT2D eigenvalue weighted by atomic mass is 10.0. The molecule has 0 aliphatic carbocycles. The number of aliphatic carboxylic acids is 1. The van der Waals surface area contributed by atoms with Crippen LogP contribution in [0.4, 0.5) is 11.4 Å². The Morgan fingerprint density at radius 3 is 2.61 bits per heavy atom. The number of carboxylic acid groups (broad SMARTS) is 1. The van der Waals surface area contributed by atoms with E-state index in [1.165, 1.54) is 0 Å². The Balaban J connectivity index is 1.55. The van der Waals surface area contributed by atoms with Crippen LogP contribution in [0, 0.1) is 5.92 Å². The Morgan fingerprint density at radius 2 is 1.89 bits per heavy atom. The Morgan fingerprint density at radius 1 is 1.18 bits per heavy atom. The molecule has 7 heteroatoms. The molecule has 0 saturated carbocycles. The summed E-state index contributed by atoms with van der Waals surface area (Å²) in [4.78, 5) is 36.9. The van der Waals surface area contributed by atoms with Gasteiger partial charge in [-0.25, -0.2) is 0 Å². The molecule has 0 bridgehead atoms. The van der Waals surface area contributed by atoms with Crippen LogP contribution in [-0.4, -0.2) is 36.0 Å². The molecule has 1 aliphatic rings. The second-order valence-corrected chi connectivity index (χ2v) is 6.74. The van der Waals surface area contributed by atoms with Gasteiger partial charge in [-0.2, -0.15) is 0 Å². The van der Waals surface area contributed by atoms with Crippen molar-refractivity contribution in [3.8, 4) is 5.75 Å². The van der Waals surface area contributed by atoms with Gasteiger partial charge < -0.3 is 20.1 Å². The number of fused-ring (bicyclic) bond motifs is 1. The first-order valence-corrected chi connectivity index (χ1v) is 9.08. The summed E-state index contributed by atoms with van der Waals surface area (Å²) < 4.78 is 5.39.